The Morgan fingerprint density at radius 1 is 1.44 bits per heavy atom. The van der Waals surface area contributed by atoms with Crippen molar-refractivity contribution in [2.24, 2.45) is 4.99 Å². The predicted molar refractivity (Wildman–Crippen MR) is 65.9 cm³/mol. The second kappa shape index (κ2) is 4.16. The summed E-state index contributed by atoms with van der Waals surface area (Å²) >= 11 is 17.7. The van der Waals surface area contributed by atoms with Crippen LogP contribution in [0.1, 0.15) is 5.69 Å². The molecule has 0 bridgehead atoms. The molecule has 0 saturated heterocycles. The van der Waals surface area contributed by atoms with Crippen molar-refractivity contribution in [2.45, 2.75) is 12.0 Å². The van der Waals surface area contributed by atoms with E-state index >= 15 is 0 Å². The van der Waals surface area contributed by atoms with Gasteiger partial charge < -0.3 is 10.6 Å². The highest BCUT2D eigenvalue weighted by Gasteiger charge is 2.29. The van der Waals surface area contributed by atoms with Crippen LogP contribution in [-0.4, -0.2) is 20.6 Å². The third kappa shape index (κ3) is 2.61. The molecule has 0 radical (unpaired) electrons. The van der Waals surface area contributed by atoms with Crippen LogP contribution in [0, 0.1) is 6.92 Å². The van der Waals surface area contributed by atoms with E-state index in [2.05, 4.69) is 25.8 Å². The van der Waals surface area contributed by atoms with Gasteiger partial charge in [-0.1, -0.05) is 23.2 Å². The number of aromatic nitrogens is 2. The van der Waals surface area contributed by atoms with E-state index in [0.717, 1.165) is 5.69 Å². The summed E-state index contributed by atoms with van der Waals surface area (Å²) in [4.78, 5) is 3.98. The summed E-state index contributed by atoms with van der Waals surface area (Å²) in [5.41, 5.74) is 0.904. The molecule has 1 aliphatic rings. The van der Waals surface area contributed by atoms with Crippen LogP contribution in [0.25, 0.3) is 0 Å². The van der Waals surface area contributed by atoms with E-state index < -0.39 is 5.12 Å². The normalized spacial score (nSPS) is 24.5. The van der Waals surface area contributed by atoms with Crippen molar-refractivity contribution in [1.82, 2.24) is 15.5 Å². The molecule has 1 aromatic rings. The van der Waals surface area contributed by atoms with E-state index in [1.807, 2.05) is 6.92 Å². The molecule has 86 valence electrons. The first-order valence-electron chi connectivity index (χ1n) is 4.37. The molecule has 0 saturated carbocycles. The Morgan fingerprint density at radius 2 is 2.19 bits per heavy atom. The molecule has 1 aliphatic heterocycles. The van der Waals surface area contributed by atoms with Crippen LogP contribution >= 0.6 is 34.8 Å². The molecule has 8 heteroatoms. The number of nitrogens with zero attached hydrogens (tertiary/aromatic N) is 2. The molecule has 1 atom stereocenters. The summed E-state index contributed by atoms with van der Waals surface area (Å²) in [6, 6.07) is 1.79. The highest BCUT2D eigenvalue weighted by molar-refractivity contribution is 6.66. The van der Waals surface area contributed by atoms with Crippen LogP contribution in [-0.2, 0) is 0 Å². The smallest absolute Gasteiger partial charge is 0.233 e. The minimum absolute atomic E-state index is 0.113. The van der Waals surface area contributed by atoms with E-state index in [1.54, 1.807) is 6.07 Å². The Balaban J connectivity index is 2.22. The molecule has 0 amide bonds. The lowest BCUT2D eigenvalue weighted by Gasteiger charge is -2.24. The molecule has 3 N–H and O–H groups in total. The number of aryl methyl sites for hydroxylation is 1. The van der Waals surface area contributed by atoms with Crippen molar-refractivity contribution < 1.29 is 0 Å². The van der Waals surface area contributed by atoms with Gasteiger partial charge in [-0.25, -0.2) is 4.99 Å². The Labute approximate surface area is 107 Å². The number of rotatable bonds is 2. The Hall–Kier alpha value is -0.910. The molecule has 2 heterocycles. The van der Waals surface area contributed by atoms with Crippen LogP contribution in [0.3, 0.4) is 0 Å². The van der Waals surface area contributed by atoms with Gasteiger partial charge in [-0.2, -0.15) is 5.10 Å². The zero-order valence-electron chi connectivity index (χ0n) is 8.18. The minimum atomic E-state index is -1.22. The Morgan fingerprint density at radius 3 is 2.75 bits per heavy atom. The molecular formula is C8H8Cl3N5. The van der Waals surface area contributed by atoms with E-state index in [9.17, 15) is 0 Å². The van der Waals surface area contributed by atoms with Gasteiger partial charge in [0.2, 0.25) is 5.12 Å². The molecular weight excluding hydrogens is 272 g/mol. The third-order valence-electron chi connectivity index (χ3n) is 1.81. The zero-order chi connectivity index (χ0) is 11.8. The van der Waals surface area contributed by atoms with Crippen molar-refractivity contribution in [3.05, 3.63) is 23.0 Å². The summed E-state index contributed by atoms with van der Waals surface area (Å²) in [6.45, 7) is 1.88. The van der Waals surface area contributed by atoms with E-state index in [0.29, 0.717) is 11.0 Å². The largest absolute Gasteiger partial charge is 0.328 e. The fourth-order valence-electron chi connectivity index (χ4n) is 1.23. The van der Waals surface area contributed by atoms with E-state index in [4.69, 9.17) is 34.8 Å². The first-order chi connectivity index (χ1) is 7.47. The average molecular weight is 281 g/mol. The van der Waals surface area contributed by atoms with Crippen molar-refractivity contribution >= 4 is 45.9 Å². The van der Waals surface area contributed by atoms with Crippen molar-refractivity contribution in [2.75, 3.05) is 5.32 Å². The maximum Gasteiger partial charge on any atom is 0.233 e. The minimum Gasteiger partial charge on any atom is -0.328 e. The third-order valence-corrected chi connectivity index (χ3v) is 2.48. The van der Waals surface area contributed by atoms with Crippen LogP contribution in [0.2, 0.25) is 0 Å². The summed E-state index contributed by atoms with van der Waals surface area (Å²) in [5.74, 6) is 0.559. The molecule has 2 rings (SSSR count). The van der Waals surface area contributed by atoms with Crippen LogP contribution in [0.4, 0.5) is 5.82 Å². The number of aromatic amines is 1. The summed E-state index contributed by atoms with van der Waals surface area (Å²) < 4.78 is 0. The molecule has 0 spiro atoms. The zero-order valence-corrected chi connectivity index (χ0v) is 10.5. The number of anilines is 1. The second-order valence-corrected chi connectivity index (χ2v) is 4.60. The summed E-state index contributed by atoms with van der Waals surface area (Å²) in [6.07, 6.45) is 1.49. The number of halogens is 3. The highest BCUT2D eigenvalue weighted by atomic mass is 35.5. The number of amidine groups is 1. The Kier molecular flexibility index (Phi) is 3.01. The molecule has 16 heavy (non-hydrogen) atoms. The maximum atomic E-state index is 6.17. The average Bonchev–Trinajstić information content (AvgIpc) is 2.47. The summed E-state index contributed by atoms with van der Waals surface area (Å²) in [5, 5.41) is 11.5. The van der Waals surface area contributed by atoms with Crippen LogP contribution in [0.15, 0.2) is 22.3 Å². The van der Waals surface area contributed by atoms with Gasteiger partial charge in [0, 0.05) is 17.8 Å². The quantitative estimate of drug-likeness (QED) is 0.575. The van der Waals surface area contributed by atoms with E-state index in [-0.39, 0.29) is 5.29 Å². The second-order valence-electron chi connectivity index (χ2n) is 3.25. The molecule has 0 aromatic carbocycles. The van der Waals surface area contributed by atoms with Gasteiger partial charge in [0.25, 0.3) is 0 Å². The fourth-order valence-corrected chi connectivity index (χ4v) is 2.15. The number of alkyl halides is 1. The SMILES string of the molecule is Cc1cc(NC2(Cl)C=C(Cl)NC(Cl)=N2)n[nH]1. The molecule has 0 aliphatic carbocycles. The van der Waals surface area contributed by atoms with Gasteiger partial charge in [-0.05, 0) is 18.5 Å². The first-order valence-corrected chi connectivity index (χ1v) is 5.50. The number of H-pyrrole nitrogens is 1. The lowest BCUT2D eigenvalue weighted by atomic mass is 10.4. The topological polar surface area (TPSA) is 65.1 Å². The standard InChI is InChI=1S/C8H8Cl3N5/c1-4-2-6(16-15-4)13-8(11)3-5(9)12-7(10)14-8/h2-3H,1H3,(H,12,14)(H2,13,15,16). The molecule has 1 aromatic heterocycles. The molecule has 0 fully saturated rings. The molecule has 1 unspecified atom stereocenters. The van der Waals surface area contributed by atoms with Gasteiger partial charge in [-0.15, -0.1) is 0 Å². The number of aliphatic imine (C=N–C) groups is 1. The van der Waals surface area contributed by atoms with Gasteiger partial charge >= 0.3 is 0 Å². The fraction of sp³-hybridized carbons (Fsp3) is 0.250. The van der Waals surface area contributed by atoms with Crippen LogP contribution in [0.5, 0.6) is 0 Å². The first kappa shape index (κ1) is 11.6. The number of hydrogen-bond acceptors (Lipinski definition) is 4. The van der Waals surface area contributed by atoms with Gasteiger partial charge in [0.05, 0.1) is 0 Å². The van der Waals surface area contributed by atoms with E-state index in [1.165, 1.54) is 6.08 Å². The maximum absolute atomic E-state index is 6.17. The molecule has 5 nitrogen and oxygen atoms in total. The summed E-state index contributed by atoms with van der Waals surface area (Å²) in [7, 11) is 0. The van der Waals surface area contributed by atoms with Crippen molar-refractivity contribution in [3.63, 3.8) is 0 Å². The van der Waals surface area contributed by atoms with Crippen molar-refractivity contribution in [1.29, 1.82) is 0 Å². The Bertz CT molecular complexity index is 446. The van der Waals surface area contributed by atoms with Gasteiger partial charge in [-0.3, -0.25) is 5.10 Å². The lowest BCUT2D eigenvalue weighted by Crippen LogP contribution is -2.35. The lowest BCUT2D eigenvalue weighted by molar-refractivity contribution is 0.811. The predicted octanol–water partition coefficient (Wildman–Crippen LogP) is 2.30. The van der Waals surface area contributed by atoms with Gasteiger partial charge in [0.15, 0.2) is 11.1 Å². The number of nitrogens with one attached hydrogen (secondary N) is 3. The number of hydrogen-bond donors (Lipinski definition) is 3. The highest BCUT2D eigenvalue weighted by Crippen LogP contribution is 2.27. The monoisotopic (exact) mass is 279 g/mol. The van der Waals surface area contributed by atoms with Crippen molar-refractivity contribution in [3.8, 4) is 0 Å². The van der Waals surface area contributed by atoms with Crippen LogP contribution < -0.4 is 10.6 Å². The van der Waals surface area contributed by atoms with Gasteiger partial charge in [0.1, 0.15) is 5.16 Å².